The maximum absolute atomic E-state index is 3.51. The van der Waals surface area contributed by atoms with Crippen LogP contribution in [0.5, 0.6) is 0 Å². The van der Waals surface area contributed by atoms with Gasteiger partial charge in [0, 0.05) is 16.9 Å². The van der Waals surface area contributed by atoms with Crippen molar-refractivity contribution in [3.05, 3.63) is 71.8 Å². The summed E-state index contributed by atoms with van der Waals surface area (Å²) in [4.78, 5) is 0. The number of benzene rings is 2. The molecule has 0 aromatic heterocycles. The van der Waals surface area contributed by atoms with E-state index in [2.05, 4.69) is 73.8 Å². The van der Waals surface area contributed by atoms with Crippen LogP contribution in [0.3, 0.4) is 0 Å². The second-order valence-electron chi connectivity index (χ2n) is 4.92. The molecular formula is C20H23N. The first-order chi connectivity index (χ1) is 10.3. The molecule has 0 radical (unpaired) electrons. The molecule has 1 heteroatoms. The van der Waals surface area contributed by atoms with E-state index in [1.54, 1.807) is 0 Å². The molecule has 0 atom stereocenters. The third kappa shape index (κ3) is 4.35. The molecule has 0 heterocycles. The van der Waals surface area contributed by atoms with Gasteiger partial charge in [-0.2, -0.15) is 0 Å². The molecule has 108 valence electrons. The maximum atomic E-state index is 3.51. The van der Waals surface area contributed by atoms with Gasteiger partial charge >= 0.3 is 0 Å². The predicted octanol–water partition coefficient (Wildman–Crippen LogP) is 6.28. The van der Waals surface area contributed by atoms with Crippen molar-refractivity contribution in [1.82, 2.24) is 0 Å². The molecular weight excluding hydrogens is 254 g/mol. The summed E-state index contributed by atoms with van der Waals surface area (Å²) in [6.45, 7) is 4.31. The van der Waals surface area contributed by atoms with Crippen LogP contribution in [0.4, 0.5) is 11.4 Å². The summed E-state index contributed by atoms with van der Waals surface area (Å²) >= 11 is 0. The highest BCUT2D eigenvalue weighted by atomic mass is 14.9. The first-order valence-corrected chi connectivity index (χ1v) is 7.63. The molecule has 0 aliphatic carbocycles. The van der Waals surface area contributed by atoms with Gasteiger partial charge in [-0.3, -0.25) is 0 Å². The highest BCUT2D eigenvalue weighted by molar-refractivity contribution is 5.78. The number of allylic oxidation sites excluding steroid dienone is 2. The van der Waals surface area contributed by atoms with Gasteiger partial charge in [-0.15, -0.1) is 0 Å². The van der Waals surface area contributed by atoms with Crippen molar-refractivity contribution in [2.45, 2.75) is 26.7 Å². The molecule has 0 fully saturated rings. The van der Waals surface area contributed by atoms with Crippen molar-refractivity contribution in [3.63, 3.8) is 0 Å². The van der Waals surface area contributed by atoms with E-state index >= 15 is 0 Å². The smallest absolute Gasteiger partial charge is 0.0463 e. The average Bonchev–Trinajstić information content (AvgIpc) is 2.53. The standard InChI is InChI=1S/C20H23N/c1-3-5-11-17-12-10-16-20(19(17)15-6-4-2)21-18-13-8-7-9-14-18/h5-16,21H,3-4H2,1-2H3. The van der Waals surface area contributed by atoms with Crippen molar-refractivity contribution in [1.29, 1.82) is 0 Å². The van der Waals surface area contributed by atoms with E-state index in [1.165, 1.54) is 11.1 Å². The lowest BCUT2D eigenvalue weighted by Crippen LogP contribution is -1.94. The fourth-order valence-electron chi connectivity index (χ4n) is 2.18. The van der Waals surface area contributed by atoms with Gasteiger partial charge < -0.3 is 5.32 Å². The minimum absolute atomic E-state index is 1.04. The Morgan fingerprint density at radius 1 is 0.810 bits per heavy atom. The normalized spacial score (nSPS) is 11.3. The third-order valence-electron chi connectivity index (χ3n) is 3.25. The minimum Gasteiger partial charge on any atom is -0.355 e. The van der Waals surface area contributed by atoms with Gasteiger partial charge in [0.05, 0.1) is 0 Å². The van der Waals surface area contributed by atoms with Crippen LogP contribution in [0, 0.1) is 0 Å². The van der Waals surface area contributed by atoms with E-state index in [0.29, 0.717) is 0 Å². The number of hydrogen-bond donors (Lipinski definition) is 1. The van der Waals surface area contributed by atoms with Gasteiger partial charge in [0.25, 0.3) is 0 Å². The molecule has 2 rings (SSSR count). The van der Waals surface area contributed by atoms with Crippen LogP contribution in [0.1, 0.15) is 37.8 Å². The number of nitrogens with one attached hydrogen (secondary N) is 1. The van der Waals surface area contributed by atoms with Crippen LogP contribution in [0.2, 0.25) is 0 Å². The largest absolute Gasteiger partial charge is 0.355 e. The van der Waals surface area contributed by atoms with Crippen LogP contribution in [-0.4, -0.2) is 0 Å². The molecule has 0 spiro atoms. The number of rotatable bonds is 6. The molecule has 1 nitrogen and oxygen atoms in total. The predicted molar refractivity (Wildman–Crippen MR) is 94.8 cm³/mol. The number of hydrogen-bond acceptors (Lipinski definition) is 1. The SMILES string of the molecule is CCC=Cc1cccc(Nc2ccccc2)c1C=CCC. The molecule has 21 heavy (non-hydrogen) atoms. The van der Waals surface area contributed by atoms with Crippen molar-refractivity contribution < 1.29 is 0 Å². The van der Waals surface area contributed by atoms with Crippen LogP contribution in [-0.2, 0) is 0 Å². The molecule has 0 aliphatic heterocycles. The highest BCUT2D eigenvalue weighted by Gasteiger charge is 2.04. The lowest BCUT2D eigenvalue weighted by Gasteiger charge is -2.12. The Labute approximate surface area is 128 Å². The summed E-state index contributed by atoms with van der Waals surface area (Å²) in [6.07, 6.45) is 10.9. The van der Waals surface area contributed by atoms with Crippen molar-refractivity contribution in [2.24, 2.45) is 0 Å². The van der Waals surface area contributed by atoms with E-state index in [1.807, 2.05) is 18.2 Å². The molecule has 0 amide bonds. The first-order valence-electron chi connectivity index (χ1n) is 7.63. The van der Waals surface area contributed by atoms with Gasteiger partial charge in [0.1, 0.15) is 0 Å². The fraction of sp³-hybridized carbons (Fsp3) is 0.200. The Hall–Kier alpha value is -2.28. The molecule has 1 N–H and O–H groups in total. The molecule has 2 aromatic carbocycles. The first kappa shape index (κ1) is 15.1. The van der Waals surface area contributed by atoms with E-state index in [-0.39, 0.29) is 0 Å². The van der Waals surface area contributed by atoms with Crippen molar-refractivity contribution >= 4 is 23.5 Å². The van der Waals surface area contributed by atoms with E-state index in [0.717, 1.165) is 24.2 Å². The summed E-state index contributed by atoms with van der Waals surface area (Å²) < 4.78 is 0. The van der Waals surface area contributed by atoms with E-state index in [4.69, 9.17) is 0 Å². The zero-order chi connectivity index (χ0) is 14.9. The Kier molecular flexibility index (Phi) is 5.83. The van der Waals surface area contributed by atoms with Crippen molar-refractivity contribution in [3.8, 4) is 0 Å². The van der Waals surface area contributed by atoms with Gasteiger partial charge in [-0.1, -0.05) is 68.5 Å². The number of anilines is 2. The topological polar surface area (TPSA) is 12.0 Å². The Balaban J connectivity index is 2.39. The lowest BCUT2D eigenvalue weighted by atomic mass is 10.0. The summed E-state index contributed by atoms with van der Waals surface area (Å²) in [5.74, 6) is 0. The van der Waals surface area contributed by atoms with E-state index in [9.17, 15) is 0 Å². The molecule has 0 saturated heterocycles. The van der Waals surface area contributed by atoms with Gasteiger partial charge in [0.2, 0.25) is 0 Å². The quantitative estimate of drug-likeness (QED) is 0.655. The zero-order valence-electron chi connectivity index (χ0n) is 12.8. The van der Waals surface area contributed by atoms with Crippen molar-refractivity contribution in [2.75, 3.05) is 5.32 Å². The summed E-state index contributed by atoms with van der Waals surface area (Å²) in [5.41, 5.74) is 4.75. The van der Waals surface area contributed by atoms with Crippen LogP contribution in [0.15, 0.2) is 60.7 Å². The molecule has 0 saturated carbocycles. The molecule has 2 aromatic rings. The van der Waals surface area contributed by atoms with Crippen LogP contribution in [0.25, 0.3) is 12.2 Å². The van der Waals surface area contributed by atoms with Gasteiger partial charge in [0.15, 0.2) is 0 Å². The second-order valence-corrected chi connectivity index (χ2v) is 4.92. The Morgan fingerprint density at radius 2 is 1.52 bits per heavy atom. The monoisotopic (exact) mass is 277 g/mol. The Morgan fingerprint density at radius 3 is 2.24 bits per heavy atom. The third-order valence-corrected chi connectivity index (χ3v) is 3.25. The van der Waals surface area contributed by atoms with Crippen LogP contribution < -0.4 is 5.32 Å². The average molecular weight is 277 g/mol. The Bertz CT molecular complexity index is 609. The fourth-order valence-corrected chi connectivity index (χ4v) is 2.18. The summed E-state index contributed by atoms with van der Waals surface area (Å²) in [5, 5.41) is 3.51. The summed E-state index contributed by atoms with van der Waals surface area (Å²) in [6, 6.07) is 16.7. The summed E-state index contributed by atoms with van der Waals surface area (Å²) in [7, 11) is 0. The molecule has 0 bridgehead atoms. The van der Waals surface area contributed by atoms with Gasteiger partial charge in [-0.05, 0) is 36.6 Å². The highest BCUT2D eigenvalue weighted by Crippen LogP contribution is 2.26. The minimum atomic E-state index is 1.04. The molecule has 0 unspecified atom stereocenters. The van der Waals surface area contributed by atoms with Crippen LogP contribution >= 0.6 is 0 Å². The maximum Gasteiger partial charge on any atom is 0.0463 e. The molecule has 0 aliphatic rings. The lowest BCUT2D eigenvalue weighted by molar-refractivity contribution is 1.23. The second kappa shape index (κ2) is 8.11. The zero-order valence-corrected chi connectivity index (χ0v) is 12.8. The number of para-hydroxylation sites is 1. The van der Waals surface area contributed by atoms with E-state index < -0.39 is 0 Å². The van der Waals surface area contributed by atoms with Gasteiger partial charge in [-0.25, -0.2) is 0 Å².